The van der Waals surface area contributed by atoms with Crippen LogP contribution >= 0.6 is 0 Å². The molecule has 1 aliphatic carbocycles. The molecule has 0 aromatic rings. The van der Waals surface area contributed by atoms with E-state index < -0.39 is 9.28 Å². The Labute approximate surface area is 63.7 Å². The SMILES string of the molecule is CO[Si](C)OC=CC1CC1. The summed E-state index contributed by atoms with van der Waals surface area (Å²) in [7, 11) is 0.696. The zero-order valence-electron chi connectivity index (χ0n) is 6.46. The zero-order chi connectivity index (χ0) is 7.40. The molecule has 1 fully saturated rings. The number of rotatable bonds is 4. The Bertz CT molecular complexity index is 121. The van der Waals surface area contributed by atoms with Crippen molar-refractivity contribution in [3.63, 3.8) is 0 Å². The molecular weight excluding hydrogens is 144 g/mol. The molecule has 0 aromatic carbocycles. The molecule has 10 heavy (non-hydrogen) atoms. The number of allylic oxidation sites excluding steroid dienone is 1. The van der Waals surface area contributed by atoms with Crippen LogP contribution in [0.1, 0.15) is 12.8 Å². The number of hydrogen-bond acceptors (Lipinski definition) is 2. The molecule has 1 aliphatic rings. The monoisotopic (exact) mass is 157 g/mol. The molecule has 0 aromatic heterocycles. The van der Waals surface area contributed by atoms with Crippen LogP contribution in [0, 0.1) is 5.92 Å². The molecule has 0 N–H and O–H groups in total. The summed E-state index contributed by atoms with van der Waals surface area (Å²) in [4.78, 5) is 0. The van der Waals surface area contributed by atoms with Gasteiger partial charge in [-0.15, -0.1) is 0 Å². The van der Waals surface area contributed by atoms with Gasteiger partial charge in [0.2, 0.25) is 0 Å². The van der Waals surface area contributed by atoms with Crippen molar-refractivity contribution in [3.8, 4) is 0 Å². The van der Waals surface area contributed by atoms with Crippen molar-refractivity contribution in [1.29, 1.82) is 0 Å². The van der Waals surface area contributed by atoms with Gasteiger partial charge in [-0.3, -0.25) is 0 Å². The average Bonchev–Trinajstić information content (AvgIpc) is 2.71. The molecule has 1 saturated carbocycles. The number of hydrogen-bond donors (Lipinski definition) is 0. The third-order valence-electron chi connectivity index (χ3n) is 1.49. The van der Waals surface area contributed by atoms with Gasteiger partial charge in [-0.2, -0.15) is 0 Å². The second-order valence-corrected chi connectivity index (χ2v) is 4.11. The molecule has 0 spiro atoms. The van der Waals surface area contributed by atoms with Gasteiger partial charge in [-0.05, 0) is 31.4 Å². The third-order valence-corrected chi connectivity index (χ3v) is 2.54. The fourth-order valence-corrected chi connectivity index (χ4v) is 0.949. The fraction of sp³-hybridized carbons (Fsp3) is 0.714. The lowest BCUT2D eigenvalue weighted by molar-refractivity contribution is 0.313. The summed E-state index contributed by atoms with van der Waals surface area (Å²) < 4.78 is 10.2. The summed E-state index contributed by atoms with van der Waals surface area (Å²) in [5.74, 6) is 0.798. The molecule has 57 valence electrons. The average molecular weight is 157 g/mol. The summed E-state index contributed by atoms with van der Waals surface area (Å²) >= 11 is 0. The molecule has 1 rings (SSSR count). The van der Waals surface area contributed by atoms with Crippen molar-refractivity contribution in [2.75, 3.05) is 7.11 Å². The molecule has 0 bridgehead atoms. The Hall–Kier alpha value is -0.283. The van der Waals surface area contributed by atoms with Crippen LogP contribution < -0.4 is 0 Å². The molecule has 2 nitrogen and oxygen atoms in total. The Balaban J connectivity index is 2.01. The lowest BCUT2D eigenvalue weighted by atomic mass is 10.4. The summed E-state index contributed by atoms with van der Waals surface area (Å²) in [6.45, 7) is 1.97. The van der Waals surface area contributed by atoms with Crippen molar-refractivity contribution >= 4 is 9.28 Å². The van der Waals surface area contributed by atoms with Gasteiger partial charge in [0.05, 0.1) is 6.26 Å². The van der Waals surface area contributed by atoms with Crippen LogP contribution in [-0.2, 0) is 8.85 Å². The minimum atomic E-state index is -0.984. The molecule has 0 atom stereocenters. The first-order chi connectivity index (χ1) is 4.83. The van der Waals surface area contributed by atoms with E-state index in [1.54, 1.807) is 13.4 Å². The highest BCUT2D eigenvalue weighted by molar-refractivity contribution is 6.42. The molecule has 1 radical (unpaired) electrons. The molecule has 0 unspecified atom stereocenters. The van der Waals surface area contributed by atoms with Crippen LogP contribution in [0.15, 0.2) is 12.3 Å². The van der Waals surface area contributed by atoms with Gasteiger partial charge in [0.1, 0.15) is 0 Å². The highest BCUT2D eigenvalue weighted by atomic mass is 28.3. The van der Waals surface area contributed by atoms with Gasteiger partial charge < -0.3 is 8.85 Å². The van der Waals surface area contributed by atoms with Crippen molar-refractivity contribution in [3.05, 3.63) is 12.3 Å². The molecule has 3 heteroatoms. The van der Waals surface area contributed by atoms with Gasteiger partial charge in [-0.25, -0.2) is 0 Å². The van der Waals surface area contributed by atoms with Crippen molar-refractivity contribution in [2.24, 2.45) is 5.92 Å². The minimum absolute atomic E-state index is 0.798. The summed E-state index contributed by atoms with van der Waals surface area (Å²) in [5.41, 5.74) is 0. The largest absolute Gasteiger partial charge is 0.526 e. The first-order valence-electron chi connectivity index (χ1n) is 3.54. The maximum atomic E-state index is 5.24. The second kappa shape index (κ2) is 3.78. The van der Waals surface area contributed by atoms with E-state index in [-0.39, 0.29) is 0 Å². The molecule has 0 amide bonds. The fourth-order valence-electron chi connectivity index (χ4n) is 0.583. The first kappa shape index (κ1) is 7.82. The smallest absolute Gasteiger partial charge is 0.453 e. The van der Waals surface area contributed by atoms with E-state index in [1.807, 2.05) is 6.55 Å². The molecular formula is C7H13O2Si. The van der Waals surface area contributed by atoms with E-state index in [0.717, 1.165) is 5.92 Å². The van der Waals surface area contributed by atoms with Crippen LogP contribution in [0.2, 0.25) is 6.55 Å². The Morgan fingerprint density at radius 1 is 1.50 bits per heavy atom. The van der Waals surface area contributed by atoms with E-state index in [1.165, 1.54) is 12.8 Å². The minimum Gasteiger partial charge on any atom is -0.526 e. The summed E-state index contributed by atoms with van der Waals surface area (Å²) in [5, 5.41) is 0. The van der Waals surface area contributed by atoms with Gasteiger partial charge in [-0.1, -0.05) is 0 Å². The molecule has 0 aliphatic heterocycles. The van der Waals surface area contributed by atoms with Gasteiger partial charge >= 0.3 is 9.28 Å². The van der Waals surface area contributed by atoms with E-state index in [4.69, 9.17) is 8.85 Å². The molecule has 0 heterocycles. The van der Waals surface area contributed by atoms with Crippen LogP contribution in [0.5, 0.6) is 0 Å². The standard InChI is InChI=1S/C7H13O2Si/c1-8-10(2)9-6-5-7-3-4-7/h5-7H,3-4H2,1-2H3. The van der Waals surface area contributed by atoms with Crippen LogP contribution in [-0.4, -0.2) is 16.4 Å². The topological polar surface area (TPSA) is 18.5 Å². The third kappa shape index (κ3) is 3.03. The van der Waals surface area contributed by atoms with Crippen molar-refractivity contribution < 1.29 is 8.85 Å². The highest BCUT2D eigenvalue weighted by Gasteiger charge is 2.17. The second-order valence-electron chi connectivity index (χ2n) is 2.48. The lowest BCUT2D eigenvalue weighted by Gasteiger charge is -2.02. The van der Waals surface area contributed by atoms with E-state index in [0.29, 0.717) is 0 Å². The summed E-state index contributed by atoms with van der Waals surface area (Å²) in [6.07, 6.45) is 6.57. The Morgan fingerprint density at radius 2 is 2.20 bits per heavy atom. The normalized spacial score (nSPS) is 18.7. The highest BCUT2D eigenvalue weighted by Crippen LogP contribution is 2.29. The first-order valence-corrected chi connectivity index (χ1v) is 5.35. The predicted octanol–water partition coefficient (Wildman–Crippen LogP) is 1.69. The van der Waals surface area contributed by atoms with Crippen LogP contribution in [0.3, 0.4) is 0 Å². The Kier molecular flexibility index (Phi) is 2.96. The Morgan fingerprint density at radius 3 is 2.70 bits per heavy atom. The summed E-state index contributed by atoms with van der Waals surface area (Å²) in [6, 6.07) is 0. The van der Waals surface area contributed by atoms with Gasteiger partial charge in [0, 0.05) is 7.11 Å². The van der Waals surface area contributed by atoms with Crippen molar-refractivity contribution in [2.45, 2.75) is 19.4 Å². The van der Waals surface area contributed by atoms with E-state index in [9.17, 15) is 0 Å². The quantitative estimate of drug-likeness (QED) is 0.457. The maximum Gasteiger partial charge on any atom is 0.453 e. The predicted molar refractivity (Wildman–Crippen MR) is 41.6 cm³/mol. The van der Waals surface area contributed by atoms with Crippen LogP contribution in [0.4, 0.5) is 0 Å². The van der Waals surface area contributed by atoms with Gasteiger partial charge in [0.15, 0.2) is 0 Å². The molecule has 0 saturated heterocycles. The van der Waals surface area contributed by atoms with E-state index >= 15 is 0 Å². The van der Waals surface area contributed by atoms with Crippen molar-refractivity contribution in [1.82, 2.24) is 0 Å². The lowest BCUT2D eigenvalue weighted by Crippen LogP contribution is -2.12. The van der Waals surface area contributed by atoms with Gasteiger partial charge in [0.25, 0.3) is 0 Å². The maximum absolute atomic E-state index is 5.24. The van der Waals surface area contributed by atoms with E-state index in [2.05, 4.69) is 6.08 Å². The van der Waals surface area contributed by atoms with Crippen LogP contribution in [0.25, 0.3) is 0 Å². The zero-order valence-corrected chi connectivity index (χ0v) is 7.46.